The zero-order chi connectivity index (χ0) is 12.3. The van der Waals surface area contributed by atoms with E-state index >= 15 is 0 Å². The fourth-order valence-electron chi connectivity index (χ4n) is 1.29. The van der Waals surface area contributed by atoms with Crippen LogP contribution in [0.25, 0.3) is 0 Å². The van der Waals surface area contributed by atoms with E-state index in [0.29, 0.717) is 12.4 Å². The van der Waals surface area contributed by atoms with E-state index in [-0.39, 0.29) is 11.8 Å². The monoisotopic (exact) mass is 225 g/mol. The molecule has 0 spiro atoms. The Labute approximate surface area is 95.2 Å². The van der Waals surface area contributed by atoms with Gasteiger partial charge in [-0.15, -0.1) is 0 Å². The molecule has 0 aliphatic heterocycles. The molecule has 1 atom stereocenters. The molecule has 0 aliphatic rings. The Hall–Kier alpha value is -1.43. The molecule has 1 amide bonds. The zero-order valence-corrected chi connectivity index (χ0v) is 10.2. The van der Waals surface area contributed by atoms with Crippen molar-refractivity contribution in [3.8, 4) is 0 Å². The SMILES string of the molecule is Cc1nc(CN(C)C(=O)[C@H](N)C(C)C)n[nH]1. The minimum absolute atomic E-state index is 0.0857. The molecule has 1 aromatic rings. The van der Waals surface area contributed by atoms with Gasteiger partial charge in [-0.1, -0.05) is 13.8 Å². The molecular weight excluding hydrogens is 206 g/mol. The lowest BCUT2D eigenvalue weighted by atomic mass is 10.0. The quantitative estimate of drug-likeness (QED) is 0.758. The molecule has 0 fully saturated rings. The maximum Gasteiger partial charge on any atom is 0.239 e. The second-order valence-corrected chi connectivity index (χ2v) is 4.30. The third-order valence-corrected chi connectivity index (χ3v) is 2.40. The van der Waals surface area contributed by atoms with E-state index in [1.54, 1.807) is 11.9 Å². The average Bonchev–Trinajstić information content (AvgIpc) is 2.61. The van der Waals surface area contributed by atoms with Crippen LogP contribution in [-0.4, -0.2) is 39.1 Å². The van der Waals surface area contributed by atoms with Gasteiger partial charge in [0.1, 0.15) is 5.82 Å². The molecule has 0 aromatic carbocycles. The summed E-state index contributed by atoms with van der Waals surface area (Å²) in [7, 11) is 1.70. The van der Waals surface area contributed by atoms with Crippen molar-refractivity contribution >= 4 is 5.91 Å². The van der Waals surface area contributed by atoms with E-state index in [4.69, 9.17) is 5.73 Å². The number of nitrogens with zero attached hydrogens (tertiary/aromatic N) is 3. The van der Waals surface area contributed by atoms with E-state index in [0.717, 1.165) is 5.82 Å². The lowest BCUT2D eigenvalue weighted by molar-refractivity contribution is -0.132. The molecule has 0 bridgehead atoms. The van der Waals surface area contributed by atoms with Crippen molar-refractivity contribution in [2.24, 2.45) is 11.7 Å². The number of H-pyrrole nitrogens is 1. The number of nitrogens with two attached hydrogens (primary N) is 1. The second kappa shape index (κ2) is 5.07. The predicted molar refractivity (Wildman–Crippen MR) is 60.4 cm³/mol. The van der Waals surface area contributed by atoms with E-state index in [1.165, 1.54) is 0 Å². The largest absolute Gasteiger partial charge is 0.337 e. The van der Waals surface area contributed by atoms with Gasteiger partial charge in [-0.3, -0.25) is 9.89 Å². The first kappa shape index (κ1) is 12.6. The Morgan fingerprint density at radius 3 is 2.62 bits per heavy atom. The number of aromatic nitrogens is 3. The molecule has 1 aromatic heterocycles. The summed E-state index contributed by atoms with van der Waals surface area (Å²) in [6.07, 6.45) is 0. The summed E-state index contributed by atoms with van der Waals surface area (Å²) >= 11 is 0. The van der Waals surface area contributed by atoms with Gasteiger partial charge in [0.05, 0.1) is 12.6 Å². The number of hydrogen-bond donors (Lipinski definition) is 2. The van der Waals surface area contributed by atoms with Crippen LogP contribution in [0.5, 0.6) is 0 Å². The number of hydrogen-bond acceptors (Lipinski definition) is 4. The highest BCUT2D eigenvalue weighted by atomic mass is 16.2. The summed E-state index contributed by atoms with van der Waals surface area (Å²) in [4.78, 5) is 17.5. The third-order valence-electron chi connectivity index (χ3n) is 2.40. The number of carbonyl (C=O) groups is 1. The number of nitrogens with one attached hydrogen (secondary N) is 1. The van der Waals surface area contributed by atoms with Crippen molar-refractivity contribution in [2.75, 3.05) is 7.05 Å². The van der Waals surface area contributed by atoms with E-state index < -0.39 is 6.04 Å². The van der Waals surface area contributed by atoms with Crippen LogP contribution in [0.4, 0.5) is 0 Å². The van der Waals surface area contributed by atoms with E-state index in [2.05, 4.69) is 15.2 Å². The van der Waals surface area contributed by atoms with Gasteiger partial charge < -0.3 is 10.6 Å². The molecule has 6 nitrogen and oxygen atoms in total. The molecule has 1 heterocycles. The number of carbonyl (C=O) groups excluding carboxylic acids is 1. The van der Waals surface area contributed by atoms with Crippen LogP contribution in [0.2, 0.25) is 0 Å². The highest BCUT2D eigenvalue weighted by Crippen LogP contribution is 2.04. The van der Waals surface area contributed by atoms with Crippen molar-refractivity contribution in [3.63, 3.8) is 0 Å². The Kier molecular flexibility index (Phi) is 4.00. The maximum atomic E-state index is 11.8. The summed E-state index contributed by atoms with van der Waals surface area (Å²) in [5.41, 5.74) is 5.78. The number of aromatic amines is 1. The van der Waals surface area contributed by atoms with Crippen molar-refractivity contribution in [1.82, 2.24) is 20.1 Å². The number of rotatable bonds is 4. The molecule has 16 heavy (non-hydrogen) atoms. The Balaban J connectivity index is 2.58. The lowest BCUT2D eigenvalue weighted by Crippen LogP contribution is -2.44. The van der Waals surface area contributed by atoms with Gasteiger partial charge >= 0.3 is 0 Å². The molecule has 3 N–H and O–H groups in total. The number of amides is 1. The van der Waals surface area contributed by atoms with Crippen molar-refractivity contribution in [3.05, 3.63) is 11.6 Å². The normalized spacial score (nSPS) is 12.9. The van der Waals surface area contributed by atoms with Gasteiger partial charge in [0, 0.05) is 7.05 Å². The molecule has 0 radical (unpaired) electrons. The summed E-state index contributed by atoms with van der Waals surface area (Å²) in [5, 5.41) is 6.71. The summed E-state index contributed by atoms with van der Waals surface area (Å²) in [5.74, 6) is 1.38. The molecule has 0 unspecified atom stereocenters. The first-order valence-electron chi connectivity index (χ1n) is 5.30. The molecule has 0 saturated carbocycles. The first-order valence-corrected chi connectivity index (χ1v) is 5.30. The maximum absolute atomic E-state index is 11.8. The van der Waals surface area contributed by atoms with Crippen LogP contribution < -0.4 is 5.73 Å². The third kappa shape index (κ3) is 3.03. The highest BCUT2D eigenvalue weighted by Gasteiger charge is 2.21. The van der Waals surface area contributed by atoms with Gasteiger partial charge in [0.2, 0.25) is 5.91 Å². The fraction of sp³-hybridized carbons (Fsp3) is 0.700. The summed E-state index contributed by atoms with van der Waals surface area (Å²) < 4.78 is 0. The van der Waals surface area contributed by atoms with Crippen LogP contribution in [0.1, 0.15) is 25.5 Å². The lowest BCUT2D eigenvalue weighted by Gasteiger charge is -2.22. The second-order valence-electron chi connectivity index (χ2n) is 4.30. The zero-order valence-electron chi connectivity index (χ0n) is 10.2. The minimum atomic E-state index is -0.468. The highest BCUT2D eigenvalue weighted by molar-refractivity contribution is 5.81. The van der Waals surface area contributed by atoms with Gasteiger partial charge in [-0.2, -0.15) is 5.10 Å². The van der Waals surface area contributed by atoms with Crippen molar-refractivity contribution in [2.45, 2.75) is 33.4 Å². The Morgan fingerprint density at radius 2 is 2.19 bits per heavy atom. The molecular formula is C10H19N5O. The van der Waals surface area contributed by atoms with Gasteiger partial charge in [-0.05, 0) is 12.8 Å². The van der Waals surface area contributed by atoms with E-state index in [9.17, 15) is 4.79 Å². The molecule has 90 valence electrons. The topological polar surface area (TPSA) is 87.9 Å². The molecule has 1 rings (SSSR count). The number of aryl methyl sites for hydroxylation is 1. The van der Waals surface area contributed by atoms with Crippen molar-refractivity contribution < 1.29 is 4.79 Å². The minimum Gasteiger partial charge on any atom is -0.337 e. The standard InChI is InChI=1S/C10H19N5O/c1-6(2)9(11)10(16)15(4)5-8-12-7(3)13-14-8/h6,9H,5,11H2,1-4H3,(H,12,13,14)/t9-/m1/s1. The molecule has 0 saturated heterocycles. The summed E-state index contributed by atoms with van der Waals surface area (Å²) in [6, 6.07) is -0.468. The van der Waals surface area contributed by atoms with Crippen LogP contribution in [-0.2, 0) is 11.3 Å². The van der Waals surface area contributed by atoms with E-state index in [1.807, 2.05) is 20.8 Å². The average molecular weight is 225 g/mol. The van der Waals surface area contributed by atoms with Crippen LogP contribution in [0.3, 0.4) is 0 Å². The van der Waals surface area contributed by atoms with Gasteiger partial charge in [0.15, 0.2) is 5.82 Å². The predicted octanol–water partition coefficient (Wildman–Crippen LogP) is 0.0548. The Morgan fingerprint density at radius 1 is 1.56 bits per heavy atom. The number of likely N-dealkylation sites (N-methyl/N-ethyl adjacent to an activating group) is 1. The Bertz CT molecular complexity index is 360. The van der Waals surface area contributed by atoms with Crippen LogP contribution in [0.15, 0.2) is 0 Å². The smallest absolute Gasteiger partial charge is 0.239 e. The first-order chi connectivity index (χ1) is 7.41. The van der Waals surface area contributed by atoms with Crippen molar-refractivity contribution in [1.29, 1.82) is 0 Å². The van der Waals surface area contributed by atoms with Gasteiger partial charge in [-0.25, -0.2) is 4.98 Å². The van der Waals surface area contributed by atoms with Crippen LogP contribution in [0, 0.1) is 12.8 Å². The van der Waals surface area contributed by atoms with Gasteiger partial charge in [0.25, 0.3) is 0 Å². The van der Waals surface area contributed by atoms with Crippen LogP contribution >= 0.6 is 0 Å². The molecule has 0 aliphatic carbocycles. The molecule has 6 heteroatoms. The fourth-order valence-corrected chi connectivity index (χ4v) is 1.29. The summed E-state index contributed by atoms with van der Waals surface area (Å²) in [6.45, 7) is 6.04.